The molecule has 1 atom stereocenters. The van der Waals surface area contributed by atoms with Gasteiger partial charge >= 0.3 is 0 Å². The van der Waals surface area contributed by atoms with Crippen LogP contribution in [0.5, 0.6) is 0 Å². The van der Waals surface area contributed by atoms with Gasteiger partial charge in [0.15, 0.2) is 0 Å². The van der Waals surface area contributed by atoms with Crippen LogP contribution in [0.2, 0.25) is 0 Å². The molecule has 0 radical (unpaired) electrons. The fourth-order valence-corrected chi connectivity index (χ4v) is 2.37. The number of piperidine rings is 1. The Morgan fingerprint density at radius 3 is 2.60 bits per heavy atom. The number of likely N-dealkylation sites (tertiary alicyclic amines) is 1. The number of hydrogen-bond donors (Lipinski definition) is 1. The van der Waals surface area contributed by atoms with Crippen LogP contribution in [0.3, 0.4) is 0 Å². The molecule has 0 aromatic heterocycles. The van der Waals surface area contributed by atoms with Crippen molar-refractivity contribution in [2.24, 2.45) is 11.7 Å². The summed E-state index contributed by atoms with van der Waals surface area (Å²) in [5.41, 5.74) is 6.04. The fraction of sp³-hybridized carbons (Fsp3) is 1.00. The second-order valence-electron chi connectivity index (χ2n) is 4.75. The molecule has 0 aromatic rings. The Morgan fingerprint density at radius 2 is 2.07 bits per heavy atom. The maximum Gasteiger partial charge on any atom is 0.0491 e. The SMILES string of the molecule is CCCC(N)CN1CCC(COC)CC1. The van der Waals surface area contributed by atoms with Gasteiger partial charge in [-0.1, -0.05) is 13.3 Å². The third-order valence-corrected chi connectivity index (χ3v) is 3.26. The largest absolute Gasteiger partial charge is 0.384 e. The average molecular weight is 214 g/mol. The zero-order valence-corrected chi connectivity index (χ0v) is 10.2. The van der Waals surface area contributed by atoms with Crippen molar-refractivity contribution in [3.05, 3.63) is 0 Å². The van der Waals surface area contributed by atoms with Crippen molar-refractivity contribution >= 4 is 0 Å². The van der Waals surface area contributed by atoms with Crippen LogP contribution in [0, 0.1) is 5.92 Å². The third-order valence-electron chi connectivity index (χ3n) is 3.26. The first-order valence-electron chi connectivity index (χ1n) is 6.23. The zero-order valence-electron chi connectivity index (χ0n) is 10.2. The Morgan fingerprint density at radius 1 is 1.40 bits per heavy atom. The van der Waals surface area contributed by atoms with Crippen molar-refractivity contribution < 1.29 is 4.74 Å². The Labute approximate surface area is 94.0 Å². The van der Waals surface area contributed by atoms with E-state index in [-0.39, 0.29) is 0 Å². The predicted octanol–water partition coefficient (Wildman–Crippen LogP) is 1.47. The van der Waals surface area contributed by atoms with Gasteiger partial charge in [-0.05, 0) is 38.3 Å². The van der Waals surface area contributed by atoms with Gasteiger partial charge in [-0.25, -0.2) is 0 Å². The highest BCUT2D eigenvalue weighted by Gasteiger charge is 2.19. The molecule has 1 saturated heterocycles. The molecule has 2 N–H and O–H groups in total. The molecule has 0 bridgehead atoms. The predicted molar refractivity (Wildman–Crippen MR) is 63.9 cm³/mol. The molecule has 0 saturated carbocycles. The Balaban J connectivity index is 2.14. The topological polar surface area (TPSA) is 38.5 Å². The lowest BCUT2D eigenvalue weighted by atomic mass is 9.97. The van der Waals surface area contributed by atoms with E-state index in [9.17, 15) is 0 Å². The van der Waals surface area contributed by atoms with Crippen LogP contribution >= 0.6 is 0 Å². The summed E-state index contributed by atoms with van der Waals surface area (Å²) in [4.78, 5) is 2.51. The van der Waals surface area contributed by atoms with Gasteiger partial charge in [0.25, 0.3) is 0 Å². The molecule has 1 unspecified atom stereocenters. The summed E-state index contributed by atoms with van der Waals surface area (Å²) in [6.45, 7) is 6.60. The number of nitrogens with two attached hydrogens (primary N) is 1. The first kappa shape index (κ1) is 12.9. The summed E-state index contributed by atoms with van der Waals surface area (Å²) >= 11 is 0. The van der Waals surface area contributed by atoms with Crippen molar-refractivity contribution in [3.8, 4) is 0 Å². The van der Waals surface area contributed by atoms with E-state index < -0.39 is 0 Å². The fourth-order valence-electron chi connectivity index (χ4n) is 2.37. The van der Waals surface area contributed by atoms with Gasteiger partial charge in [-0.15, -0.1) is 0 Å². The van der Waals surface area contributed by atoms with Crippen LogP contribution in [0.4, 0.5) is 0 Å². The normalized spacial score (nSPS) is 21.8. The second kappa shape index (κ2) is 7.20. The van der Waals surface area contributed by atoms with Crippen molar-refractivity contribution in [1.29, 1.82) is 0 Å². The lowest BCUT2D eigenvalue weighted by molar-refractivity contribution is 0.0967. The molecule has 0 amide bonds. The summed E-state index contributed by atoms with van der Waals surface area (Å²) in [6, 6.07) is 0.369. The minimum Gasteiger partial charge on any atom is -0.384 e. The third kappa shape index (κ3) is 4.96. The first-order chi connectivity index (χ1) is 7.26. The number of methoxy groups -OCH3 is 1. The molecule has 3 heteroatoms. The minimum absolute atomic E-state index is 0.369. The molecule has 0 aromatic carbocycles. The van der Waals surface area contributed by atoms with Crippen LogP contribution in [0.15, 0.2) is 0 Å². The maximum absolute atomic E-state index is 6.04. The van der Waals surface area contributed by atoms with E-state index in [2.05, 4.69) is 11.8 Å². The van der Waals surface area contributed by atoms with E-state index in [4.69, 9.17) is 10.5 Å². The van der Waals surface area contributed by atoms with Gasteiger partial charge in [0, 0.05) is 26.3 Å². The number of hydrogen-bond acceptors (Lipinski definition) is 3. The number of rotatable bonds is 6. The van der Waals surface area contributed by atoms with E-state index in [0.717, 1.165) is 25.5 Å². The molecule has 15 heavy (non-hydrogen) atoms. The highest BCUT2D eigenvalue weighted by Crippen LogP contribution is 2.17. The molecule has 1 fully saturated rings. The standard InChI is InChI=1S/C12H26N2O/c1-3-4-12(13)9-14-7-5-11(6-8-14)10-15-2/h11-12H,3-10,13H2,1-2H3. The highest BCUT2D eigenvalue weighted by atomic mass is 16.5. The van der Waals surface area contributed by atoms with E-state index in [1.165, 1.54) is 32.4 Å². The van der Waals surface area contributed by atoms with E-state index in [0.29, 0.717) is 6.04 Å². The summed E-state index contributed by atoms with van der Waals surface area (Å²) in [7, 11) is 1.80. The lowest BCUT2D eigenvalue weighted by Crippen LogP contribution is -2.42. The molecule has 0 spiro atoms. The van der Waals surface area contributed by atoms with Crippen molar-refractivity contribution in [2.75, 3.05) is 33.4 Å². The molecule has 1 heterocycles. The molecule has 3 nitrogen and oxygen atoms in total. The summed E-state index contributed by atoms with van der Waals surface area (Å²) in [5, 5.41) is 0. The van der Waals surface area contributed by atoms with Crippen LogP contribution < -0.4 is 5.73 Å². The van der Waals surface area contributed by atoms with Crippen LogP contribution in [0.25, 0.3) is 0 Å². The van der Waals surface area contributed by atoms with Gasteiger partial charge in [0.05, 0.1) is 0 Å². The monoisotopic (exact) mass is 214 g/mol. The summed E-state index contributed by atoms with van der Waals surface area (Å²) in [6.07, 6.45) is 4.89. The van der Waals surface area contributed by atoms with Gasteiger partial charge in [-0.2, -0.15) is 0 Å². The Hall–Kier alpha value is -0.120. The van der Waals surface area contributed by atoms with Crippen molar-refractivity contribution in [2.45, 2.75) is 38.6 Å². The van der Waals surface area contributed by atoms with E-state index >= 15 is 0 Å². The van der Waals surface area contributed by atoms with Crippen molar-refractivity contribution in [3.63, 3.8) is 0 Å². The second-order valence-corrected chi connectivity index (χ2v) is 4.75. The van der Waals surface area contributed by atoms with Crippen LogP contribution in [-0.4, -0.2) is 44.3 Å². The minimum atomic E-state index is 0.369. The average Bonchev–Trinajstić information content (AvgIpc) is 2.22. The molecule has 1 aliphatic rings. The number of nitrogens with zero attached hydrogens (tertiary/aromatic N) is 1. The molecule has 1 aliphatic heterocycles. The van der Waals surface area contributed by atoms with Gasteiger partial charge in [-0.3, -0.25) is 0 Å². The van der Waals surface area contributed by atoms with Crippen LogP contribution in [-0.2, 0) is 4.74 Å². The van der Waals surface area contributed by atoms with E-state index in [1.807, 2.05) is 0 Å². The van der Waals surface area contributed by atoms with Gasteiger partial charge < -0.3 is 15.4 Å². The zero-order chi connectivity index (χ0) is 11.1. The first-order valence-corrected chi connectivity index (χ1v) is 6.23. The smallest absolute Gasteiger partial charge is 0.0491 e. The number of ether oxygens (including phenoxy) is 1. The Bertz CT molecular complexity index is 156. The molecule has 1 rings (SSSR count). The van der Waals surface area contributed by atoms with Gasteiger partial charge in [0.1, 0.15) is 0 Å². The van der Waals surface area contributed by atoms with Gasteiger partial charge in [0.2, 0.25) is 0 Å². The maximum atomic E-state index is 6.04. The molecule has 90 valence electrons. The van der Waals surface area contributed by atoms with Crippen LogP contribution in [0.1, 0.15) is 32.6 Å². The lowest BCUT2D eigenvalue weighted by Gasteiger charge is -2.33. The molecular formula is C12H26N2O. The quantitative estimate of drug-likeness (QED) is 0.728. The summed E-state index contributed by atoms with van der Waals surface area (Å²) < 4.78 is 5.19. The molecule has 0 aliphatic carbocycles. The molecular weight excluding hydrogens is 188 g/mol. The van der Waals surface area contributed by atoms with Crippen molar-refractivity contribution in [1.82, 2.24) is 4.90 Å². The Kier molecular flexibility index (Phi) is 6.22. The van der Waals surface area contributed by atoms with E-state index in [1.54, 1.807) is 7.11 Å². The highest BCUT2D eigenvalue weighted by molar-refractivity contribution is 4.75. The summed E-state index contributed by atoms with van der Waals surface area (Å²) in [5.74, 6) is 0.772.